The van der Waals surface area contributed by atoms with Crippen molar-refractivity contribution < 1.29 is 19.0 Å². The maximum atomic E-state index is 13.4. The van der Waals surface area contributed by atoms with Gasteiger partial charge in [0.25, 0.3) is 11.5 Å². The van der Waals surface area contributed by atoms with E-state index in [1.807, 2.05) is 26.8 Å². The maximum Gasteiger partial charge on any atom is 0.282 e. The van der Waals surface area contributed by atoms with Crippen LogP contribution in [0.2, 0.25) is 5.02 Å². The minimum Gasteiger partial charge on any atom is -0.493 e. The van der Waals surface area contributed by atoms with Crippen LogP contribution in [0.25, 0.3) is 10.9 Å². The first-order valence-electron chi connectivity index (χ1n) is 12.2. The largest absolute Gasteiger partial charge is 0.493 e. The number of nitrogens with one attached hydrogen (secondary N) is 1. The minimum absolute atomic E-state index is 0.248. The summed E-state index contributed by atoms with van der Waals surface area (Å²) in [7, 11) is 2.95. The van der Waals surface area contributed by atoms with Crippen molar-refractivity contribution in [3.63, 3.8) is 0 Å². The Morgan fingerprint density at radius 3 is 2.33 bits per heavy atom. The zero-order chi connectivity index (χ0) is 29.0. The average Bonchev–Trinajstić information content (AvgIpc) is 2.92. The summed E-state index contributed by atoms with van der Waals surface area (Å²) < 4.78 is 18.9. The highest BCUT2D eigenvalue weighted by Crippen LogP contribution is 2.38. The molecule has 4 rings (SSSR count). The van der Waals surface area contributed by atoms with Crippen LogP contribution < -0.4 is 25.1 Å². The summed E-state index contributed by atoms with van der Waals surface area (Å²) in [5, 5.41) is 8.25. The fourth-order valence-electron chi connectivity index (χ4n) is 3.85. The Labute approximate surface area is 244 Å². The third-order valence-electron chi connectivity index (χ3n) is 5.76. The summed E-state index contributed by atoms with van der Waals surface area (Å²) in [6.45, 7) is 5.61. The van der Waals surface area contributed by atoms with E-state index in [0.29, 0.717) is 44.5 Å². The fourth-order valence-corrected chi connectivity index (χ4v) is 4.34. The maximum absolute atomic E-state index is 13.4. The number of nitrogens with zero attached hydrogens (tertiary/aromatic N) is 3. The Kier molecular flexibility index (Phi) is 8.80. The molecule has 1 aromatic heterocycles. The van der Waals surface area contributed by atoms with Crippen molar-refractivity contribution in [2.75, 3.05) is 26.1 Å². The van der Waals surface area contributed by atoms with Crippen LogP contribution in [0.5, 0.6) is 17.2 Å². The highest BCUT2D eigenvalue weighted by Gasteiger charge is 2.23. The predicted octanol–water partition coefficient (Wildman–Crippen LogP) is 6.03. The second kappa shape index (κ2) is 12.1. The van der Waals surface area contributed by atoms with Crippen molar-refractivity contribution in [3.8, 4) is 17.2 Å². The molecule has 1 heterocycles. The molecule has 4 aromatic rings. The number of rotatable bonds is 8. The van der Waals surface area contributed by atoms with Gasteiger partial charge in [-0.15, -0.1) is 0 Å². The van der Waals surface area contributed by atoms with Gasteiger partial charge in [-0.25, -0.2) is 4.98 Å². The van der Waals surface area contributed by atoms with E-state index in [4.69, 9.17) is 30.8 Å². The highest BCUT2D eigenvalue weighted by molar-refractivity contribution is 9.10. The van der Waals surface area contributed by atoms with Crippen molar-refractivity contribution in [2.45, 2.75) is 26.2 Å². The zero-order valence-corrected chi connectivity index (χ0v) is 25.0. The van der Waals surface area contributed by atoms with E-state index in [1.165, 1.54) is 25.1 Å². The quantitative estimate of drug-likeness (QED) is 0.240. The van der Waals surface area contributed by atoms with Crippen molar-refractivity contribution >= 4 is 56.2 Å². The molecule has 0 fully saturated rings. The number of benzene rings is 3. The summed E-state index contributed by atoms with van der Waals surface area (Å²) in [4.78, 5) is 30.6. The molecule has 9 nitrogen and oxygen atoms in total. The third-order valence-corrected chi connectivity index (χ3v) is 6.51. The van der Waals surface area contributed by atoms with Crippen LogP contribution in [0, 0.1) is 0 Å². The third kappa shape index (κ3) is 6.63. The minimum atomic E-state index is -0.461. The molecule has 0 radical (unpaired) electrons. The molecule has 0 saturated heterocycles. The first kappa shape index (κ1) is 29.1. The number of anilines is 1. The molecular formula is C29H28BrClN4O5. The van der Waals surface area contributed by atoms with E-state index in [-0.39, 0.29) is 23.8 Å². The number of amides is 1. The second-order valence-electron chi connectivity index (χ2n) is 9.81. The molecule has 11 heteroatoms. The molecule has 0 aliphatic rings. The van der Waals surface area contributed by atoms with Gasteiger partial charge < -0.3 is 19.5 Å². The summed E-state index contributed by atoms with van der Waals surface area (Å²) in [5.41, 5.74) is 1.00. The molecule has 0 aliphatic carbocycles. The van der Waals surface area contributed by atoms with Crippen LogP contribution in [-0.4, -0.2) is 42.6 Å². The van der Waals surface area contributed by atoms with Crippen molar-refractivity contribution in [2.24, 2.45) is 5.10 Å². The van der Waals surface area contributed by atoms with Gasteiger partial charge in [0.1, 0.15) is 5.82 Å². The molecule has 0 unspecified atom stereocenters. The Balaban J connectivity index is 1.64. The van der Waals surface area contributed by atoms with Crippen molar-refractivity contribution in [3.05, 3.63) is 85.8 Å². The number of halogens is 2. The van der Waals surface area contributed by atoms with Gasteiger partial charge in [0.2, 0.25) is 5.75 Å². The van der Waals surface area contributed by atoms with E-state index in [2.05, 4.69) is 26.3 Å². The van der Waals surface area contributed by atoms with Gasteiger partial charge in [-0.3, -0.25) is 9.59 Å². The summed E-state index contributed by atoms with van der Waals surface area (Å²) in [5.74, 6) is 1.03. The highest BCUT2D eigenvalue weighted by atomic mass is 79.9. The van der Waals surface area contributed by atoms with Gasteiger partial charge in [0.15, 0.2) is 18.1 Å². The molecular weight excluding hydrogens is 600 g/mol. The van der Waals surface area contributed by atoms with Gasteiger partial charge in [0, 0.05) is 26.2 Å². The number of fused-ring (bicyclic) bond motifs is 1. The molecule has 208 valence electrons. The SMILES string of the molecule is COc1cc(C=Nn2c(C(C)(C)C)nc3ccc(Br)cc3c2=O)cc(OC)c1OCC(=O)Nc1ccc(Cl)cc1. The van der Waals surface area contributed by atoms with Crippen LogP contribution in [0.15, 0.2) is 69.0 Å². The summed E-state index contributed by atoms with van der Waals surface area (Å²) in [6, 6.07) is 15.4. The predicted molar refractivity (Wildman–Crippen MR) is 161 cm³/mol. The second-order valence-corrected chi connectivity index (χ2v) is 11.2. The smallest absolute Gasteiger partial charge is 0.282 e. The van der Waals surface area contributed by atoms with Crippen molar-refractivity contribution in [1.82, 2.24) is 9.66 Å². The van der Waals surface area contributed by atoms with Gasteiger partial charge in [-0.05, 0) is 54.6 Å². The zero-order valence-electron chi connectivity index (χ0n) is 22.6. The van der Waals surface area contributed by atoms with Gasteiger partial charge in [-0.2, -0.15) is 9.78 Å². The monoisotopic (exact) mass is 626 g/mol. The standard InChI is InChI=1S/C29H28BrClN4O5/c1-29(2,3)28-34-22-11-6-18(30)14-21(22)27(37)35(28)32-15-17-12-23(38-4)26(24(13-17)39-5)40-16-25(36)33-20-9-7-19(31)8-10-20/h6-15H,16H2,1-5H3,(H,33,36). The molecule has 1 N–H and O–H groups in total. The van der Waals surface area contributed by atoms with E-state index in [9.17, 15) is 9.59 Å². The average molecular weight is 628 g/mol. The molecule has 0 atom stereocenters. The summed E-state index contributed by atoms with van der Waals surface area (Å²) in [6.07, 6.45) is 1.52. The summed E-state index contributed by atoms with van der Waals surface area (Å²) >= 11 is 9.31. The van der Waals surface area contributed by atoms with Crippen LogP contribution in [0.4, 0.5) is 5.69 Å². The van der Waals surface area contributed by atoms with E-state index >= 15 is 0 Å². The number of hydrogen-bond acceptors (Lipinski definition) is 7. The Morgan fingerprint density at radius 2 is 1.73 bits per heavy atom. The topological polar surface area (TPSA) is 104 Å². The Bertz CT molecular complexity index is 1620. The van der Waals surface area contributed by atoms with Gasteiger partial charge in [0.05, 0.1) is 31.3 Å². The molecule has 0 bridgehead atoms. The van der Waals surface area contributed by atoms with Gasteiger partial charge >= 0.3 is 0 Å². The first-order chi connectivity index (χ1) is 19.0. The lowest BCUT2D eigenvalue weighted by atomic mass is 9.95. The lowest BCUT2D eigenvalue weighted by Gasteiger charge is -2.21. The first-order valence-corrected chi connectivity index (χ1v) is 13.4. The number of carbonyl (C=O) groups excluding carboxylic acids is 1. The molecule has 3 aromatic carbocycles. The number of ether oxygens (including phenoxy) is 3. The molecule has 40 heavy (non-hydrogen) atoms. The number of methoxy groups -OCH3 is 2. The molecule has 0 spiro atoms. The Hall–Kier alpha value is -3.89. The molecule has 1 amide bonds. The molecule has 0 aliphatic heterocycles. The van der Waals surface area contributed by atoms with E-state index < -0.39 is 5.41 Å². The number of carbonyl (C=O) groups is 1. The number of hydrogen-bond donors (Lipinski definition) is 1. The van der Waals surface area contributed by atoms with E-state index in [0.717, 1.165) is 4.47 Å². The normalized spacial score (nSPS) is 11.6. The fraction of sp³-hybridized carbons (Fsp3) is 0.241. The van der Waals surface area contributed by atoms with Crippen LogP contribution >= 0.6 is 27.5 Å². The Morgan fingerprint density at radius 1 is 1.07 bits per heavy atom. The van der Waals surface area contributed by atoms with Gasteiger partial charge in [-0.1, -0.05) is 48.3 Å². The molecule has 0 saturated carbocycles. The lowest BCUT2D eigenvalue weighted by molar-refractivity contribution is -0.118. The van der Waals surface area contributed by atoms with Crippen LogP contribution in [0.1, 0.15) is 32.2 Å². The van der Waals surface area contributed by atoms with Crippen LogP contribution in [0.3, 0.4) is 0 Å². The van der Waals surface area contributed by atoms with Crippen molar-refractivity contribution in [1.29, 1.82) is 0 Å². The van der Waals surface area contributed by atoms with Crippen LogP contribution in [-0.2, 0) is 10.2 Å². The lowest BCUT2D eigenvalue weighted by Crippen LogP contribution is -2.29. The number of aromatic nitrogens is 2. The van der Waals surface area contributed by atoms with E-state index in [1.54, 1.807) is 48.5 Å².